The fourth-order valence-electron chi connectivity index (χ4n) is 2.14. The van der Waals surface area contributed by atoms with Gasteiger partial charge in [0.25, 0.3) is 0 Å². The van der Waals surface area contributed by atoms with Crippen molar-refractivity contribution in [3.8, 4) is 5.75 Å². The van der Waals surface area contributed by atoms with Gasteiger partial charge in [0.2, 0.25) is 0 Å². The number of hydrogen-bond donors (Lipinski definition) is 1. The van der Waals surface area contributed by atoms with E-state index in [1.807, 2.05) is 0 Å². The van der Waals surface area contributed by atoms with Gasteiger partial charge in [-0.2, -0.15) is 0 Å². The van der Waals surface area contributed by atoms with Crippen LogP contribution in [-0.2, 0) is 12.8 Å². The first kappa shape index (κ1) is 10.5. The lowest BCUT2D eigenvalue weighted by Gasteiger charge is -2.12. The molecule has 0 amide bonds. The first-order valence-corrected chi connectivity index (χ1v) is 5.77. The molecule has 0 aliphatic carbocycles. The molecule has 0 radical (unpaired) electrons. The van der Waals surface area contributed by atoms with Crippen molar-refractivity contribution >= 4 is 0 Å². The van der Waals surface area contributed by atoms with E-state index in [1.54, 1.807) is 0 Å². The fourth-order valence-corrected chi connectivity index (χ4v) is 2.14. The molecule has 1 heterocycles. The molecule has 0 aromatic heterocycles. The molecule has 15 heavy (non-hydrogen) atoms. The summed E-state index contributed by atoms with van der Waals surface area (Å²) in [5, 5.41) is 3.43. The van der Waals surface area contributed by atoms with Crippen molar-refractivity contribution in [2.75, 3.05) is 13.2 Å². The van der Waals surface area contributed by atoms with E-state index in [2.05, 4.69) is 37.4 Å². The Bertz CT molecular complexity index is 335. The molecule has 1 atom stereocenters. The molecular weight excluding hydrogens is 186 g/mol. The van der Waals surface area contributed by atoms with Crippen LogP contribution in [0.4, 0.5) is 0 Å². The SMILES string of the molecule is CCNC(C)Cc1ccc2c(c1)CCO2. The summed E-state index contributed by atoms with van der Waals surface area (Å²) in [6.07, 6.45) is 2.17. The van der Waals surface area contributed by atoms with Crippen molar-refractivity contribution in [3.63, 3.8) is 0 Å². The van der Waals surface area contributed by atoms with E-state index in [0.29, 0.717) is 6.04 Å². The molecule has 0 bridgehead atoms. The minimum Gasteiger partial charge on any atom is -0.493 e. The minimum absolute atomic E-state index is 0.551. The van der Waals surface area contributed by atoms with Crippen molar-refractivity contribution < 1.29 is 4.74 Å². The zero-order chi connectivity index (χ0) is 10.7. The summed E-state index contributed by atoms with van der Waals surface area (Å²) in [6, 6.07) is 7.13. The van der Waals surface area contributed by atoms with Gasteiger partial charge in [-0.15, -0.1) is 0 Å². The molecule has 1 aromatic carbocycles. The second-order valence-electron chi connectivity index (χ2n) is 4.20. The summed E-state index contributed by atoms with van der Waals surface area (Å²) < 4.78 is 5.49. The van der Waals surface area contributed by atoms with Gasteiger partial charge in [-0.3, -0.25) is 0 Å². The molecule has 1 aliphatic rings. The molecule has 0 saturated heterocycles. The van der Waals surface area contributed by atoms with E-state index in [1.165, 1.54) is 11.1 Å². The van der Waals surface area contributed by atoms with Gasteiger partial charge < -0.3 is 10.1 Å². The number of fused-ring (bicyclic) bond motifs is 1. The summed E-state index contributed by atoms with van der Waals surface area (Å²) in [5.74, 6) is 1.08. The molecule has 1 aromatic rings. The van der Waals surface area contributed by atoms with E-state index in [4.69, 9.17) is 4.74 Å². The molecule has 1 unspecified atom stereocenters. The average molecular weight is 205 g/mol. The maximum atomic E-state index is 5.49. The van der Waals surface area contributed by atoms with Gasteiger partial charge in [-0.1, -0.05) is 19.1 Å². The molecule has 82 valence electrons. The third-order valence-corrected chi connectivity index (χ3v) is 2.85. The lowest BCUT2D eigenvalue weighted by molar-refractivity contribution is 0.357. The summed E-state index contributed by atoms with van der Waals surface area (Å²) in [6.45, 7) is 6.26. The Labute approximate surface area is 91.6 Å². The Morgan fingerprint density at radius 3 is 3.13 bits per heavy atom. The Morgan fingerprint density at radius 2 is 2.33 bits per heavy atom. The van der Waals surface area contributed by atoms with Gasteiger partial charge in [0.15, 0.2) is 0 Å². The molecule has 2 rings (SSSR count). The molecule has 0 spiro atoms. The van der Waals surface area contributed by atoms with Crippen LogP contribution in [0.2, 0.25) is 0 Å². The lowest BCUT2D eigenvalue weighted by Crippen LogP contribution is -2.27. The van der Waals surface area contributed by atoms with E-state index in [9.17, 15) is 0 Å². The van der Waals surface area contributed by atoms with E-state index >= 15 is 0 Å². The van der Waals surface area contributed by atoms with Crippen LogP contribution in [0.1, 0.15) is 25.0 Å². The second-order valence-corrected chi connectivity index (χ2v) is 4.20. The number of nitrogens with one attached hydrogen (secondary N) is 1. The third kappa shape index (κ3) is 2.51. The number of likely N-dealkylation sites (N-methyl/N-ethyl adjacent to an activating group) is 1. The highest BCUT2D eigenvalue weighted by Crippen LogP contribution is 2.26. The molecule has 2 heteroatoms. The Morgan fingerprint density at radius 1 is 1.47 bits per heavy atom. The molecule has 1 aliphatic heterocycles. The van der Waals surface area contributed by atoms with Gasteiger partial charge >= 0.3 is 0 Å². The normalized spacial score (nSPS) is 15.9. The Kier molecular flexibility index (Phi) is 3.27. The summed E-state index contributed by atoms with van der Waals surface area (Å²) in [5.41, 5.74) is 2.78. The summed E-state index contributed by atoms with van der Waals surface area (Å²) in [4.78, 5) is 0. The average Bonchev–Trinajstić information content (AvgIpc) is 2.65. The summed E-state index contributed by atoms with van der Waals surface area (Å²) >= 11 is 0. The Balaban J connectivity index is 2.03. The van der Waals surface area contributed by atoms with Crippen molar-refractivity contribution in [2.24, 2.45) is 0 Å². The molecule has 1 N–H and O–H groups in total. The second kappa shape index (κ2) is 4.67. The first-order valence-electron chi connectivity index (χ1n) is 5.77. The van der Waals surface area contributed by atoms with E-state index < -0.39 is 0 Å². The van der Waals surface area contributed by atoms with Crippen LogP contribution in [0, 0.1) is 0 Å². The zero-order valence-electron chi connectivity index (χ0n) is 9.55. The maximum absolute atomic E-state index is 5.49. The number of rotatable bonds is 4. The molecular formula is C13H19NO. The maximum Gasteiger partial charge on any atom is 0.122 e. The van der Waals surface area contributed by atoms with Gasteiger partial charge in [-0.05, 0) is 37.1 Å². The molecule has 0 saturated carbocycles. The monoisotopic (exact) mass is 205 g/mol. The zero-order valence-corrected chi connectivity index (χ0v) is 9.55. The van der Waals surface area contributed by atoms with Gasteiger partial charge in [0.1, 0.15) is 5.75 Å². The summed E-state index contributed by atoms with van der Waals surface area (Å²) in [7, 11) is 0. The number of benzene rings is 1. The van der Waals surface area contributed by atoms with Crippen molar-refractivity contribution in [2.45, 2.75) is 32.7 Å². The van der Waals surface area contributed by atoms with Crippen LogP contribution >= 0.6 is 0 Å². The smallest absolute Gasteiger partial charge is 0.122 e. The highest BCUT2D eigenvalue weighted by Gasteiger charge is 2.12. The third-order valence-electron chi connectivity index (χ3n) is 2.85. The highest BCUT2D eigenvalue weighted by molar-refractivity contribution is 5.39. The molecule has 2 nitrogen and oxygen atoms in total. The molecule has 0 fully saturated rings. The number of hydrogen-bond acceptors (Lipinski definition) is 2. The van der Waals surface area contributed by atoms with Crippen LogP contribution in [-0.4, -0.2) is 19.2 Å². The minimum atomic E-state index is 0.551. The van der Waals surface area contributed by atoms with Crippen LogP contribution < -0.4 is 10.1 Å². The van der Waals surface area contributed by atoms with Gasteiger partial charge in [0, 0.05) is 12.5 Å². The number of ether oxygens (including phenoxy) is 1. The van der Waals surface area contributed by atoms with Gasteiger partial charge in [-0.25, -0.2) is 0 Å². The Hall–Kier alpha value is -1.02. The first-order chi connectivity index (χ1) is 7.29. The van der Waals surface area contributed by atoms with Crippen molar-refractivity contribution in [1.29, 1.82) is 0 Å². The van der Waals surface area contributed by atoms with E-state index in [-0.39, 0.29) is 0 Å². The van der Waals surface area contributed by atoms with Crippen LogP contribution in [0.25, 0.3) is 0 Å². The largest absolute Gasteiger partial charge is 0.493 e. The van der Waals surface area contributed by atoms with Crippen LogP contribution in [0.3, 0.4) is 0 Å². The predicted octanol–water partition coefficient (Wildman–Crippen LogP) is 2.16. The van der Waals surface area contributed by atoms with Crippen LogP contribution in [0.15, 0.2) is 18.2 Å². The van der Waals surface area contributed by atoms with Crippen molar-refractivity contribution in [1.82, 2.24) is 5.32 Å². The quantitative estimate of drug-likeness (QED) is 0.813. The lowest BCUT2D eigenvalue weighted by atomic mass is 10.0. The predicted molar refractivity (Wildman–Crippen MR) is 62.5 cm³/mol. The standard InChI is InChI=1S/C13H19NO/c1-3-14-10(2)8-11-4-5-13-12(9-11)6-7-15-13/h4-5,9-10,14H,3,6-8H2,1-2H3. The topological polar surface area (TPSA) is 21.3 Å². The van der Waals surface area contributed by atoms with Crippen molar-refractivity contribution in [3.05, 3.63) is 29.3 Å². The van der Waals surface area contributed by atoms with Gasteiger partial charge in [0.05, 0.1) is 6.61 Å². The highest BCUT2D eigenvalue weighted by atomic mass is 16.5. The van der Waals surface area contributed by atoms with Crippen LogP contribution in [0.5, 0.6) is 5.75 Å². The van der Waals surface area contributed by atoms with E-state index in [0.717, 1.165) is 31.7 Å². The fraction of sp³-hybridized carbons (Fsp3) is 0.538.